The maximum absolute atomic E-state index is 5.92. The monoisotopic (exact) mass is 244 g/mol. The lowest BCUT2D eigenvalue weighted by atomic mass is 10.0. The van der Waals surface area contributed by atoms with Crippen LogP contribution in [0.1, 0.15) is 30.1 Å². The molecule has 2 aromatic rings. The summed E-state index contributed by atoms with van der Waals surface area (Å²) in [6.45, 7) is 2.02. The van der Waals surface area contributed by atoms with Crippen molar-refractivity contribution in [1.82, 2.24) is 5.16 Å². The summed E-state index contributed by atoms with van der Waals surface area (Å²) in [5.41, 5.74) is 8.96. The van der Waals surface area contributed by atoms with E-state index in [-0.39, 0.29) is 0 Å². The Bertz CT molecular complexity index is 585. The Kier molecular flexibility index (Phi) is 2.51. The van der Waals surface area contributed by atoms with E-state index in [2.05, 4.69) is 5.16 Å². The molecular formula is C14H16N2O2. The summed E-state index contributed by atoms with van der Waals surface area (Å²) in [6, 6.07) is 6.05. The van der Waals surface area contributed by atoms with Crippen molar-refractivity contribution in [3.05, 3.63) is 29.5 Å². The highest BCUT2D eigenvalue weighted by atomic mass is 16.5. The minimum atomic E-state index is 0.461. The zero-order chi connectivity index (χ0) is 12.7. The number of aromatic nitrogens is 1. The number of hydrogen-bond donors (Lipinski definition) is 1. The van der Waals surface area contributed by atoms with E-state index in [1.165, 1.54) is 0 Å². The smallest absolute Gasteiger partial charge is 0.175 e. The number of hydrogen-bond acceptors (Lipinski definition) is 4. The molecule has 1 aromatic heterocycles. The van der Waals surface area contributed by atoms with E-state index >= 15 is 0 Å². The second-order valence-corrected chi connectivity index (χ2v) is 4.77. The van der Waals surface area contributed by atoms with Crippen LogP contribution in [0, 0.1) is 6.92 Å². The second kappa shape index (κ2) is 4.05. The molecule has 1 saturated carbocycles. The molecule has 0 radical (unpaired) electrons. The summed E-state index contributed by atoms with van der Waals surface area (Å²) in [4.78, 5) is 0. The summed E-state index contributed by atoms with van der Waals surface area (Å²) in [6.07, 6.45) is 2.31. The lowest BCUT2D eigenvalue weighted by Crippen LogP contribution is -1.92. The molecule has 0 atom stereocenters. The number of benzene rings is 1. The number of ether oxygens (including phenoxy) is 1. The molecule has 4 heteroatoms. The van der Waals surface area contributed by atoms with E-state index in [1.807, 2.05) is 25.1 Å². The van der Waals surface area contributed by atoms with Gasteiger partial charge in [0.15, 0.2) is 5.82 Å². The lowest BCUT2D eigenvalue weighted by Gasteiger charge is -2.07. The van der Waals surface area contributed by atoms with Gasteiger partial charge in [0.25, 0.3) is 0 Å². The highest BCUT2D eigenvalue weighted by Crippen LogP contribution is 2.46. The Morgan fingerprint density at radius 2 is 2.17 bits per heavy atom. The van der Waals surface area contributed by atoms with Gasteiger partial charge in [-0.15, -0.1) is 0 Å². The lowest BCUT2D eigenvalue weighted by molar-refractivity contribution is 0.387. The molecule has 4 nitrogen and oxygen atoms in total. The van der Waals surface area contributed by atoms with E-state index in [1.54, 1.807) is 7.11 Å². The number of rotatable bonds is 3. The third-order valence-electron chi connectivity index (χ3n) is 3.39. The van der Waals surface area contributed by atoms with Crippen LogP contribution in [0.4, 0.5) is 5.82 Å². The molecule has 1 aliphatic carbocycles. The first kappa shape index (κ1) is 11.1. The molecule has 0 saturated heterocycles. The van der Waals surface area contributed by atoms with Crippen molar-refractivity contribution < 1.29 is 9.26 Å². The predicted octanol–water partition coefficient (Wildman–Crippen LogP) is 3.12. The highest BCUT2D eigenvalue weighted by molar-refractivity contribution is 5.77. The zero-order valence-corrected chi connectivity index (χ0v) is 10.6. The molecule has 3 rings (SSSR count). The van der Waals surface area contributed by atoms with Crippen molar-refractivity contribution in [1.29, 1.82) is 0 Å². The van der Waals surface area contributed by atoms with Crippen molar-refractivity contribution in [3.63, 3.8) is 0 Å². The first-order valence-corrected chi connectivity index (χ1v) is 6.10. The van der Waals surface area contributed by atoms with Gasteiger partial charge in [0, 0.05) is 5.92 Å². The van der Waals surface area contributed by atoms with Gasteiger partial charge in [-0.1, -0.05) is 17.3 Å². The number of nitrogen functional groups attached to an aromatic ring is 1. The van der Waals surface area contributed by atoms with Gasteiger partial charge in [-0.3, -0.25) is 0 Å². The molecule has 1 heterocycles. The quantitative estimate of drug-likeness (QED) is 0.901. The fraction of sp³-hybridized carbons (Fsp3) is 0.357. The van der Waals surface area contributed by atoms with Crippen LogP contribution in [0.5, 0.6) is 5.75 Å². The average molecular weight is 244 g/mol. The van der Waals surface area contributed by atoms with Crippen LogP contribution in [-0.4, -0.2) is 12.3 Å². The second-order valence-electron chi connectivity index (χ2n) is 4.77. The zero-order valence-electron chi connectivity index (χ0n) is 10.6. The number of methoxy groups -OCH3 is 1. The third-order valence-corrected chi connectivity index (χ3v) is 3.39. The molecule has 1 aromatic carbocycles. The summed E-state index contributed by atoms with van der Waals surface area (Å²) < 4.78 is 10.7. The summed E-state index contributed by atoms with van der Waals surface area (Å²) in [7, 11) is 1.67. The van der Waals surface area contributed by atoms with Crippen molar-refractivity contribution in [3.8, 4) is 16.9 Å². The van der Waals surface area contributed by atoms with E-state index in [0.717, 1.165) is 41.0 Å². The Labute approximate surface area is 106 Å². The van der Waals surface area contributed by atoms with E-state index in [9.17, 15) is 0 Å². The van der Waals surface area contributed by atoms with Gasteiger partial charge in [0.2, 0.25) is 0 Å². The normalized spacial score (nSPS) is 14.8. The van der Waals surface area contributed by atoms with Crippen LogP contribution >= 0.6 is 0 Å². The fourth-order valence-electron chi connectivity index (χ4n) is 2.21. The van der Waals surface area contributed by atoms with Crippen LogP contribution in [0.3, 0.4) is 0 Å². The molecule has 1 aliphatic rings. The highest BCUT2D eigenvalue weighted by Gasteiger charge is 2.32. The van der Waals surface area contributed by atoms with Crippen molar-refractivity contribution >= 4 is 5.82 Å². The predicted molar refractivity (Wildman–Crippen MR) is 69.6 cm³/mol. The van der Waals surface area contributed by atoms with Gasteiger partial charge >= 0.3 is 0 Å². The van der Waals surface area contributed by atoms with Crippen LogP contribution < -0.4 is 10.5 Å². The fourth-order valence-corrected chi connectivity index (χ4v) is 2.21. The maximum atomic E-state index is 5.92. The van der Waals surface area contributed by atoms with E-state index < -0.39 is 0 Å². The Morgan fingerprint density at radius 3 is 2.83 bits per heavy atom. The van der Waals surface area contributed by atoms with Gasteiger partial charge < -0.3 is 15.0 Å². The number of anilines is 1. The number of aryl methyl sites for hydroxylation is 1. The molecule has 18 heavy (non-hydrogen) atoms. The minimum absolute atomic E-state index is 0.461. The van der Waals surface area contributed by atoms with Crippen LogP contribution in [0.25, 0.3) is 11.1 Å². The standard InChI is InChI=1S/C14H16N2O2/c1-8-3-4-10(7-11(8)17-2)12-13(9-5-6-9)18-16-14(12)15/h3-4,7,9H,5-6H2,1-2H3,(H2,15,16). The van der Waals surface area contributed by atoms with Gasteiger partial charge in [0.1, 0.15) is 11.5 Å². The summed E-state index contributed by atoms with van der Waals surface area (Å²) in [5, 5.41) is 3.89. The number of nitrogens with zero attached hydrogens (tertiary/aromatic N) is 1. The molecular weight excluding hydrogens is 228 g/mol. The maximum Gasteiger partial charge on any atom is 0.175 e. The van der Waals surface area contributed by atoms with Gasteiger partial charge in [-0.2, -0.15) is 0 Å². The first-order valence-electron chi connectivity index (χ1n) is 6.10. The third kappa shape index (κ3) is 1.74. The minimum Gasteiger partial charge on any atom is -0.496 e. The molecule has 94 valence electrons. The van der Waals surface area contributed by atoms with Gasteiger partial charge in [-0.25, -0.2) is 0 Å². The van der Waals surface area contributed by atoms with Crippen LogP contribution in [0.2, 0.25) is 0 Å². The van der Waals surface area contributed by atoms with Gasteiger partial charge in [0.05, 0.1) is 12.7 Å². The SMILES string of the molecule is COc1cc(-c2c(N)noc2C2CC2)ccc1C. The van der Waals surface area contributed by atoms with Crippen molar-refractivity contribution in [2.45, 2.75) is 25.7 Å². The largest absolute Gasteiger partial charge is 0.496 e. The van der Waals surface area contributed by atoms with Crippen molar-refractivity contribution in [2.24, 2.45) is 0 Å². The molecule has 0 aliphatic heterocycles. The first-order chi connectivity index (χ1) is 8.70. The Balaban J connectivity index is 2.11. The molecule has 1 fully saturated rings. The number of nitrogens with two attached hydrogens (primary N) is 1. The van der Waals surface area contributed by atoms with Crippen LogP contribution in [-0.2, 0) is 0 Å². The topological polar surface area (TPSA) is 61.3 Å². The summed E-state index contributed by atoms with van der Waals surface area (Å²) in [5.74, 6) is 2.72. The van der Waals surface area contributed by atoms with Crippen molar-refractivity contribution in [2.75, 3.05) is 12.8 Å². The van der Waals surface area contributed by atoms with E-state index in [0.29, 0.717) is 11.7 Å². The molecule has 0 amide bonds. The summed E-state index contributed by atoms with van der Waals surface area (Å²) >= 11 is 0. The molecule has 0 bridgehead atoms. The van der Waals surface area contributed by atoms with Crippen LogP contribution in [0.15, 0.2) is 22.7 Å². The Morgan fingerprint density at radius 1 is 1.39 bits per heavy atom. The Hall–Kier alpha value is -1.97. The molecule has 0 spiro atoms. The van der Waals surface area contributed by atoms with Gasteiger partial charge in [-0.05, 0) is 37.0 Å². The molecule has 2 N–H and O–H groups in total. The average Bonchev–Trinajstić information content (AvgIpc) is 3.14. The molecule has 0 unspecified atom stereocenters. The van der Waals surface area contributed by atoms with E-state index in [4.69, 9.17) is 15.0 Å².